The number of fused-ring (bicyclic) bond motifs is 1. The summed E-state index contributed by atoms with van der Waals surface area (Å²) >= 11 is 0. The molecule has 0 amide bonds. The minimum Gasteiger partial charge on any atom is -0.298 e. The van der Waals surface area contributed by atoms with Gasteiger partial charge in [0.25, 0.3) is 5.56 Å². The molecule has 0 fully saturated rings. The number of aryl methyl sites for hydroxylation is 2. The van der Waals surface area contributed by atoms with Crippen molar-refractivity contribution in [3.63, 3.8) is 0 Å². The van der Waals surface area contributed by atoms with Crippen LogP contribution in [0.1, 0.15) is 5.56 Å². The Morgan fingerprint density at radius 2 is 1.84 bits per heavy atom. The highest BCUT2D eigenvalue weighted by molar-refractivity contribution is 7.90. The Labute approximate surface area is 142 Å². The second kappa shape index (κ2) is 6.36. The molecule has 3 rings (SSSR count). The van der Waals surface area contributed by atoms with Crippen LogP contribution in [0.15, 0.2) is 52.4 Å². The fourth-order valence-corrected chi connectivity index (χ4v) is 3.12. The van der Waals surface area contributed by atoms with E-state index < -0.39 is 27.0 Å². The third kappa shape index (κ3) is 3.58. The van der Waals surface area contributed by atoms with Crippen LogP contribution in [0.25, 0.3) is 10.9 Å². The second-order valence-corrected chi connectivity index (χ2v) is 7.71. The Balaban J connectivity index is 1.95. The zero-order chi connectivity index (χ0) is 18.2. The smallest absolute Gasteiger partial charge is 0.261 e. The number of benzene rings is 2. The molecule has 8 heteroatoms. The summed E-state index contributed by atoms with van der Waals surface area (Å²) in [4.78, 5) is 16.7. The first-order valence-electron chi connectivity index (χ1n) is 7.39. The Kier molecular flexibility index (Phi) is 4.38. The van der Waals surface area contributed by atoms with Crippen molar-refractivity contribution >= 4 is 20.7 Å². The summed E-state index contributed by atoms with van der Waals surface area (Å²) in [6, 6.07) is 7.73. The van der Waals surface area contributed by atoms with Crippen molar-refractivity contribution in [1.29, 1.82) is 0 Å². The van der Waals surface area contributed by atoms with Crippen molar-refractivity contribution in [2.45, 2.75) is 17.9 Å². The molecule has 0 unspecified atom stereocenters. The fourth-order valence-electron chi connectivity index (χ4n) is 2.47. The zero-order valence-corrected chi connectivity index (χ0v) is 14.1. The van der Waals surface area contributed by atoms with Crippen molar-refractivity contribution in [3.05, 3.63) is 70.3 Å². The van der Waals surface area contributed by atoms with E-state index >= 15 is 0 Å². The highest BCUT2D eigenvalue weighted by atomic mass is 32.2. The molecule has 130 valence electrons. The van der Waals surface area contributed by atoms with E-state index in [0.29, 0.717) is 17.5 Å². The van der Waals surface area contributed by atoms with Crippen LogP contribution in [-0.4, -0.2) is 24.2 Å². The van der Waals surface area contributed by atoms with Crippen LogP contribution in [-0.2, 0) is 22.8 Å². The summed E-state index contributed by atoms with van der Waals surface area (Å²) in [5.41, 5.74) is 0.537. The van der Waals surface area contributed by atoms with Gasteiger partial charge in [-0.05, 0) is 42.3 Å². The third-order valence-corrected chi connectivity index (χ3v) is 4.96. The van der Waals surface area contributed by atoms with Crippen molar-refractivity contribution in [1.82, 2.24) is 9.55 Å². The molecule has 0 aliphatic rings. The molecule has 0 saturated carbocycles. The number of halogens is 2. The van der Waals surface area contributed by atoms with E-state index in [-0.39, 0.29) is 16.8 Å². The first kappa shape index (κ1) is 17.2. The van der Waals surface area contributed by atoms with Gasteiger partial charge < -0.3 is 0 Å². The molecule has 1 aromatic heterocycles. The average Bonchev–Trinajstić information content (AvgIpc) is 2.56. The molecule has 0 saturated heterocycles. The molecule has 2 aromatic carbocycles. The normalized spacial score (nSPS) is 11.8. The molecule has 0 N–H and O–H groups in total. The maximum absolute atomic E-state index is 13.2. The average molecular weight is 364 g/mol. The van der Waals surface area contributed by atoms with Gasteiger partial charge in [0.05, 0.1) is 22.1 Å². The van der Waals surface area contributed by atoms with Gasteiger partial charge >= 0.3 is 0 Å². The van der Waals surface area contributed by atoms with Gasteiger partial charge in [-0.25, -0.2) is 22.2 Å². The monoisotopic (exact) mass is 364 g/mol. The van der Waals surface area contributed by atoms with E-state index in [0.717, 1.165) is 18.4 Å². The van der Waals surface area contributed by atoms with Crippen molar-refractivity contribution < 1.29 is 17.2 Å². The van der Waals surface area contributed by atoms with Gasteiger partial charge in [0.15, 0.2) is 21.5 Å². The Morgan fingerprint density at radius 3 is 2.52 bits per heavy atom. The summed E-state index contributed by atoms with van der Waals surface area (Å²) in [6.07, 6.45) is 2.72. The topological polar surface area (TPSA) is 69.0 Å². The minimum absolute atomic E-state index is 0.0391. The fraction of sp³-hybridized carbons (Fsp3) is 0.176. The van der Waals surface area contributed by atoms with Gasteiger partial charge in [0, 0.05) is 12.8 Å². The second-order valence-electron chi connectivity index (χ2n) is 5.69. The summed E-state index contributed by atoms with van der Waals surface area (Å²) in [5, 5.41) is 0.190. The summed E-state index contributed by atoms with van der Waals surface area (Å²) < 4.78 is 50.8. The number of nitrogens with zero attached hydrogens (tertiary/aromatic N) is 2. The van der Waals surface area contributed by atoms with E-state index in [2.05, 4.69) is 4.98 Å². The SMILES string of the molecule is CS(=O)(=O)c1ccc2ncn(CCc3ccc(F)c(F)c3)c(=O)c2c1. The molecule has 0 bridgehead atoms. The van der Waals surface area contributed by atoms with E-state index in [9.17, 15) is 22.0 Å². The van der Waals surface area contributed by atoms with E-state index in [1.165, 1.54) is 35.2 Å². The van der Waals surface area contributed by atoms with Crippen LogP contribution < -0.4 is 5.56 Å². The zero-order valence-electron chi connectivity index (χ0n) is 13.2. The maximum Gasteiger partial charge on any atom is 0.261 e. The molecule has 1 heterocycles. The predicted molar refractivity (Wildman–Crippen MR) is 89.2 cm³/mol. The number of hydrogen-bond acceptors (Lipinski definition) is 4. The molecule has 5 nitrogen and oxygen atoms in total. The van der Waals surface area contributed by atoms with Crippen LogP contribution in [0.3, 0.4) is 0 Å². The maximum atomic E-state index is 13.2. The highest BCUT2D eigenvalue weighted by Crippen LogP contribution is 2.15. The lowest BCUT2D eigenvalue weighted by atomic mass is 10.1. The molecule has 0 radical (unpaired) electrons. The number of hydrogen-bond donors (Lipinski definition) is 0. The molecule has 0 atom stereocenters. The van der Waals surface area contributed by atoms with Crippen LogP contribution in [0.2, 0.25) is 0 Å². The van der Waals surface area contributed by atoms with Crippen molar-refractivity contribution in [2.24, 2.45) is 0 Å². The molecular weight excluding hydrogens is 350 g/mol. The summed E-state index contributed by atoms with van der Waals surface area (Å²) in [7, 11) is -3.44. The van der Waals surface area contributed by atoms with Crippen LogP contribution in [0.5, 0.6) is 0 Å². The van der Waals surface area contributed by atoms with Gasteiger partial charge in [-0.3, -0.25) is 9.36 Å². The third-order valence-electron chi connectivity index (χ3n) is 3.85. The predicted octanol–water partition coefficient (Wildman–Crippen LogP) is 2.32. The molecule has 25 heavy (non-hydrogen) atoms. The van der Waals surface area contributed by atoms with Crippen LogP contribution in [0, 0.1) is 11.6 Å². The Bertz CT molecular complexity index is 1120. The van der Waals surface area contributed by atoms with Gasteiger partial charge in [-0.1, -0.05) is 6.07 Å². The number of rotatable bonds is 4. The number of sulfone groups is 1. The standard InChI is InChI=1S/C17H14F2N2O3S/c1-25(23,24)12-3-5-16-13(9-12)17(22)21(10-20-16)7-6-11-2-4-14(18)15(19)8-11/h2-5,8-10H,6-7H2,1H3. The lowest BCUT2D eigenvalue weighted by molar-refractivity contribution is 0.506. The van der Waals surface area contributed by atoms with Gasteiger partial charge in [-0.2, -0.15) is 0 Å². The van der Waals surface area contributed by atoms with E-state index in [4.69, 9.17) is 0 Å². The van der Waals surface area contributed by atoms with Crippen LogP contribution in [0.4, 0.5) is 8.78 Å². The lowest BCUT2D eigenvalue weighted by Gasteiger charge is -2.08. The quantitative estimate of drug-likeness (QED) is 0.712. The first-order chi connectivity index (χ1) is 11.8. The lowest BCUT2D eigenvalue weighted by Crippen LogP contribution is -2.22. The van der Waals surface area contributed by atoms with Gasteiger partial charge in [-0.15, -0.1) is 0 Å². The number of aromatic nitrogens is 2. The molecule has 0 spiro atoms. The van der Waals surface area contributed by atoms with Crippen molar-refractivity contribution in [2.75, 3.05) is 6.26 Å². The largest absolute Gasteiger partial charge is 0.298 e. The van der Waals surface area contributed by atoms with Crippen molar-refractivity contribution in [3.8, 4) is 0 Å². The van der Waals surface area contributed by atoms with Gasteiger partial charge in [0.2, 0.25) is 0 Å². The molecule has 0 aliphatic heterocycles. The van der Waals surface area contributed by atoms with E-state index in [1.807, 2.05) is 0 Å². The highest BCUT2D eigenvalue weighted by Gasteiger charge is 2.11. The summed E-state index contributed by atoms with van der Waals surface area (Å²) in [5.74, 6) is -1.87. The van der Waals surface area contributed by atoms with Crippen LogP contribution >= 0.6 is 0 Å². The molecular formula is C17H14F2N2O3S. The summed E-state index contributed by atoms with van der Waals surface area (Å²) in [6.45, 7) is 0.204. The Morgan fingerprint density at radius 1 is 1.08 bits per heavy atom. The Hall–Kier alpha value is -2.61. The van der Waals surface area contributed by atoms with Gasteiger partial charge in [0.1, 0.15) is 0 Å². The van der Waals surface area contributed by atoms with E-state index in [1.54, 1.807) is 0 Å². The molecule has 0 aliphatic carbocycles. The minimum atomic E-state index is -3.44. The first-order valence-corrected chi connectivity index (χ1v) is 9.28. The molecule has 3 aromatic rings.